The fraction of sp³-hybridized carbons (Fsp3) is 0.500. The van der Waals surface area contributed by atoms with Crippen molar-refractivity contribution in [2.24, 2.45) is 0 Å². The van der Waals surface area contributed by atoms with Gasteiger partial charge < -0.3 is 5.11 Å². The van der Waals surface area contributed by atoms with Crippen LogP contribution in [-0.4, -0.2) is 31.8 Å². The molecule has 0 aromatic carbocycles. The van der Waals surface area contributed by atoms with Gasteiger partial charge in [0.15, 0.2) is 0 Å². The van der Waals surface area contributed by atoms with E-state index in [-0.39, 0.29) is 6.54 Å². The van der Waals surface area contributed by atoms with Gasteiger partial charge in [0.1, 0.15) is 12.7 Å². The summed E-state index contributed by atoms with van der Waals surface area (Å²) in [6, 6.07) is 0. The number of rotatable bonds is 4. The second-order valence-corrected chi connectivity index (χ2v) is 2.42. The van der Waals surface area contributed by atoms with E-state index in [9.17, 15) is 13.6 Å². The summed E-state index contributed by atoms with van der Waals surface area (Å²) in [4.78, 5) is 13.5. The van der Waals surface area contributed by atoms with Crippen molar-refractivity contribution >= 4 is 5.97 Å². The molecule has 0 aliphatic rings. The number of aryl methyl sites for hydroxylation is 1. The van der Waals surface area contributed by atoms with Gasteiger partial charge in [-0.3, -0.25) is 4.68 Å². The van der Waals surface area contributed by atoms with E-state index < -0.39 is 18.3 Å². The lowest BCUT2D eigenvalue weighted by atomic mass is 10.2. The largest absolute Gasteiger partial charge is 0.477 e. The van der Waals surface area contributed by atoms with Crippen LogP contribution in [0, 0.1) is 0 Å². The predicted molar refractivity (Wildman–Crippen MR) is 37.2 cm³/mol. The lowest BCUT2D eigenvalue weighted by molar-refractivity contribution is -0.166. The van der Waals surface area contributed by atoms with Crippen LogP contribution in [0.5, 0.6) is 0 Å². The molecule has 5 nitrogen and oxygen atoms in total. The molecule has 0 aliphatic heterocycles. The Hall–Kier alpha value is -1.53. The van der Waals surface area contributed by atoms with E-state index in [0.717, 1.165) is 4.68 Å². The molecule has 72 valence electrons. The van der Waals surface area contributed by atoms with Crippen LogP contribution in [0.3, 0.4) is 0 Å². The van der Waals surface area contributed by atoms with Crippen LogP contribution in [0.15, 0.2) is 12.7 Å². The molecule has 1 aromatic heterocycles. The first-order chi connectivity index (χ1) is 6.02. The van der Waals surface area contributed by atoms with Crippen LogP contribution in [-0.2, 0) is 11.3 Å². The molecule has 0 aliphatic carbocycles. The molecule has 1 aromatic rings. The Bertz CT molecular complexity index is 286. The summed E-state index contributed by atoms with van der Waals surface area (Å²) in [5.41, 5.74) is 0. The topological polar surface area (TPSA) is 68.0 Å². The Balaban J connectivity index is 2.47. The van der Waals surface area contributed by atoms with E-state index >= 15 is 0 Å². The van der Waals surface area contributed by atoms with E-state index in [1.54, 1.807) is 0 Å². The summed E-state index contributed by atoms with van der Waals surface area (Å²) in [5.74, 6) is -5.82. The van der Waals surface area contributed by atoms with Crippen LogP contribution < -0.4 is 0 Å². The summed E-state index contributed by atoms with van der Waals surface area (Å²) in [6.07, 6.45) is 1.66. The molecule has 0 unspecified atom stereocenters. The molecule has 0 radical (unpaired) electrons. The van der Waals surface area contributed by atoms with Crippen LogP contribution in [0.25, 0.3) is 0 Å². The van der Waals surface area contributed by atoms with Crippen LogP contribution in [0.2, 0.25) is 0 Å². The lowest BCUT2D eigenvalue weighted by Gasteiger charge is -2.09. The van der Waals surface area contributed by atoms with Gasteiger partial charge in [0.05, 0.1) is 0 Å². The number of alkyl halides is 2. The van der Waals surface area contributed by atoms with Crippen LogP contribution in [0.1, 0.15) is 6.42 Å². The second-order valence-electron chi connectivity index (χ2n) is 2.42. The fourth-order valence-electron chi connectivity index (χ4n) is 0.710. The summed E-state index contributed by atoms with van der Waals surface area (Å²) in [5, 5.41) is 11.6. The van der Waals surface area contributed by atoms with Crippen molar-refractivity contribution in [1.29, 1.82) is 0 Å². The number of hydrogen-bond donors (Lipinski definition) is 1. The average molecular weight is 191 g/mol. The van der Waals surface area contributed by atoms with E-state index in [2.05, 4.69) is 10.1 Å². The number of aliphatic carboxylic acids is 1. The van der Waals surface area contributed by atoms with E-state index in [1.807, 2.05) is 0 Å². The number of carbonyl (C=O) groups is 1. The highest BCUT2D eigenvalue weighted by Crippen LogP contribution is 2.18. The summed E-state index contributed by atoms with van der Waals surface area (Å²) in [7, 11) is 0. The monoisotopic (exact) mass is 191 g/mol. The normalized spacial score (nSPS) is 11.5. The van der Waals surface area contributed by atoms with E-state index in [4.69, 9.17) is 5.11 Å². The molecule has 13 heavy (non-hydrogen) atoms. The number of carboxylic acid groups (broad SMARTS) is 1. The van der Waals surface area contributed by atoms with Crippen molar-refractivity contribution < 1.29 is 18.7 Å². The number of nitrogens with zero attached hydrogens (tertiary/aromatic N) is 3. The maximum atomic E-state index is 12.5. The first-order valence-electron chi connectivity index (χ1n) is 3.46. The zero-order valence-corrected chi connectivity index (χ0v) is 6.52. The third kappa shape index (κ3) is 2.46. The molecule has 0 saturated carbocycles. The second kappa shape index (κ2) is 3.46. The standard InChI is InChI=1S/C6H7F2N3O2/c7-6(8,5(12)13)1-2-11-4-9-3-10-11/h3-4H,1-2H2,(H,12,13). The van der Waals surface area contributed by atoms with Crippen molar-refractivity contribution in [3.63, 3.8) is 0 Å². The molecule has 0 spiro atoms. The van der Waals surface area contributed by atoms with E-state index in [1.165, 1.54) is 12.7 Å². The Morgan fingerprint density at radius 2 is 2.31 bits per heavy atom. The fourth-order valence-corrected chi connectivity index (χ4v) is 0.710. The van der Waals surface area contributed by atoms with Crippen molar-refractivity contribution in [2.45, 2.75) is 18.9 Å². The molecule has 1 heterocycles. The molecule has 0 fully saturated rings. The third-order valence-electron chi connectivity index (χ3n) is 1.43. The minimum absolute atomic E-state index is 0.167. The summed E-state index contributed by atoms with van der Waals surface area (Å²) < 4.78 is 26.1. The Labute approximate surface area is 72.0 Å². The SMILES string of the molecule is O=C(O)C(F)(F)CCn1cncn1. The Morgan fingerprint density at radius 3 is 2.77 bits per heavy atom. The van der Waals surface area contributed by atoms with Crippen molar-refractivity contribution in [3.8, 4) is 0 Å². The minimum Gasteiger partial charge on any atom is -0.477 e. The van der Waals surface area contributed by atoms with Gasteiger partial charge in [-0.25, -0.2) is 9.78 Å². The number of aromatic nitrogens is 3. The maximum absolute atomic E-state index is 12.5. The third-order valence-corrected chi connectivity index (χ3v) is 1.43. The quantitative estimate of drug-likeness (QED) is 0.747. The lowest BCUT2D eigenvalue weighted by Crippen LogP contribution is -2.29. The zero-order valence-electron chi connectivity index (χ0n) is 6.52. The van der Waals surface area contributed by atoms with Gasteiger partial charge in [-0.1, -0.05) is 0 Å². The molecular formula is C6H7F2N3O2. The molecule has 1 rings (SSSR count). The molecule has 0 bridgehead atoms. The predicted octanol–water partition coefficient (Wildman–Crippen LogP) is 0.388. The van der Waals surface area contributed by atoms with Gasteiger partial charge in [-0.2, -0.15) is 13.9 Å². The van der Waals surface area contributed by atoms with E-state index in [0.29, 0.717) is 0 Å². The molecular weight excluding hydrogens is 184 g/mol. The van der Waals surface area contributed by atoms with Crippen molar-refractivity contribution in [2.75, 3.05) is 0 Å². The maximum Gasteiger partial charge on any atom is 0.374 e. The van der Waals surface area contributed by atoms with Gasteiger partial charge in [-0.15, -0.1) is 0 Å². The van der Waals surface area contributed by atoms with Crippen molar-refractivity contribution in [1.82, 2.24) is 14.8 Å². The number of carboxylic acids is 1. The van der Waals surface area contributed by atoms with Gasteiger partial charge >= 0.3 is 11.9 Å². The van der Waals surface area contributed by atoms with Crippen molar-refractivity contribution in [3.05, 3.63) is 12.7 Å². The highest BCUT2D eigenvalue weighted by Gasteiger charge is 2.38. The van der Waals surface area contributed by atoms with Crippen LogP contribution >= 0.6 is 0 Å². The number of hydrogen-bond acceptors (Lipinski definition) is 3. The number of halogens is 2. The molecule has 0 saturated heterocycles. The molecule has 0 atom stereocenters. The summed E-state index contributed by atoms with van der Waals surface area (Å²) in [6.45, 7) is -0.167. The zero-order chi connectivity index (χ0) is 9.90. The Kier molecular flexibility index (Phi) is 2.54. The van der Waals surface area contributed by atoms with Gasteiger partial charge in [0.25, 0.3) is 0 Å². The summed E-state index contributed by atoms with van der Waals surface area (Å²) >= 11 is 0. The van der Waals surface area contributed by atoms with Gasteiger partial charge in [0.2, 0.25) is 0 Å². The highest BCUT2D eigenvalue weighted by atomic mass is 19.3. The van der Waals surface area contributed by atoms with Gasteiger partial charge in [-0.05, 0) is 0 Å². The highest BCUT2D eigenvalue weighted by molar-refractivity contribution is 5.75. The van der Waals surface area contributed by atoms with Gasteiger partial charge in [0, 0.05) is 13.0 Å². The molecule has 7 heteroatoms. The molecule has 0 amide bonds. The molecule has 1 N–H and O–H groups in total. The van der Waals surface area contributed by atoms with Crippen LogP contribution in [0.4, 0.5) is 8.78 Å². The minimum atomic E-state index is -3.70. The smallest absolute Gasteiger partial charge is 0.374 e. The average Bonchev–Trinajstić information content (AvgIpc) is 2.52. The first-order valence-corrected chi connectivity index (χ1v) is 3.46. The first kappa shape index (κ1) is 9.56. The Morgan fingerprint density at radius 1 is 1.62 bits per heavy atom.